The Hall–Kier alpha value is -1.13. The van der Waals surface area contributed by atoms with Crippen molar-refractivity contribution in [2.24, 2.45) is 0 Å². The van der Waals surface area contributed by atoms with Crippen molar-refractivity contribution in [2.75, 3.05) is 18.1 Å². The van der Waals surface area contributed by atoms with Gasteiger partial charge in [0.15, 0.2) is 0 Å². The standard InChI is InChI=1S/C15H21ClN2O2/c1-3-4-15(19)18(12-5-7-20-8-6-12)13-9-14(16)17-10-11(13)2/h9-10,12H,3-8H2,1-2H3. The van der Waals surface area contributed by atoms with Crippen LogP contribution in [0.5, 0.6) is 0 Å². The van der Waals surface area contributed by atoms with Crippen LogP contribution in [0.1, 0.15) is 38.2 Å². The van der Waals surface area contributed by atoms with Crippen LogP contribution in [0.3, 0.4) is 0 Å². The lowest BCUT2D eigenvalue weighted by molar-refractivity contribution is -0.119. The van der Waals surface area contributed by atoms with Gasteiger partial charge in [0.2, 0.25) is 5.91 Å². The molecule has 4 nitrogen and oxygen atoms in total. The predicted octanol–water partition coefficient (Wildman–Crippen LogP) is 3.36. The summed E-state index contributed by atoms with van der Waals surface area (Å²) in [5, 5.41) is 0.423. The summed E-state index contributed by atoms with van der Waals surface area (Å²) in [5.74, 6) is 0.157. The molecule has 0 radical (unpaired) electrons. The van der Waals surface area contributed by atoms with Crippen molar-refractivity contribution in [1.29, 1.82) is 0 Å². The van der Waals surface area contributed by atoms with Crippen molar-refractivity contribution < 1.29 is 9.53 Å². The van der Waals surface area contributed by atoms with Crippen LogP contribution in [0.2, 0.25) is 5.15 Å². The highest BCUT2D eigenvalue weighted by molar-refractivity contribution is 6.29. The SMILES string of the molecule is CCCC(=O)N(c1cc(Cl)ncc1C)C1CCOCC1. The molecule has 110 valence electrons. The fourth-order valence-electron chi connectivity index (χ4n) is 2.56. The van der Waals surface area contributed by atoms with Crippen LogP contribution in [-0.2, 0) is 9.53 Å². The maximum atomic E-state index is 12.5. The van der Waals surface area contributed by atoms with Gasteiger partial charge in [-0.1, -0.05) is 18.5 Å². The molecule has 1 aliphatic heterocycles. The molecule has 0 saturated carbocycles. The summed E-state index contributed by atoms with van der Waals surface area (Å²) >= 11 is 6.01. The molecule has 0 aromatic carbocycles. The van der Waals surface area contributed by atoms with Gasteiger partial charge in [0, 0.05) is 31.9 Å². The Balaban J connectivity index is 2.34. The first-order valence-electron chi connectivity index (χ1n) is 7.15. The van der Waals surface area contributed by atoms with Gasteiger partial charge in [-0.2, -0.15) is 0 Å². The number of aromatic nitrogens is 1. The highest BCUT2D eigenvalue weighted by Gasteiger charge is 2.27. The van der Waals surface area contributed by atoms with Gasteiger partial charge in [-0.25, -0.2) is 4.98 Å². The molecular weight excluding hydrogens is 276 g/mol. The Morgan fingerprint density at radius 2 is 2.20 bits per heavy atom. The third kappa shape index (κ3) is 3.49. The summed E-state index contributed by atoms with van der Waals surface area (Å²) in [6, 6.07) is 1.99. The van der Waals surface area contributed by atoms with Gasteiger partial charge in [-0.3, -0.25) is 4.79 Å². The van der Waals surface area contributed by atoms with Crippen molar-refractivity contribution in [3.8, 4) is 0 Å². The molecule has 0 N–H and O–H groups in total. The van der Waals surface area contributed by atoms with E-state index in [9.17, 15) is 4.79 Å². The number of ether oxygens (including phenoxy) is 1. The monoisotopic (exact) mass is 296 g/mol. The normalized spacial score (nSPS) is 16.1. The first-order valence-corrected chi connectivity index (χ1v) is 7.53. The van der Waals surface area contributed by atoms with E-state index in [-0.39, 0.29) is 11.9 Å². The molecule has 0 unspecified atom stereocenters. The van der Waals surface area contributed by atoms with Crippen molar-refractivity contribution in [2.45, 2.75) is 45.6 Å². The Morgan fingerprint density at radius 3 is 2.85 bits per heavy atom. The Morgan fingerprint density at radius 1 is 1.50 bits per heavy atom. The summed E-state index contributed by atoms with van der Waals surface area (Å²) in [4.78, 5) is 18.5. The van der Waals surface area contributed by atoms with Crippen LogP contribution in [0.25, 0.3) is 0 Å². The molecular formula is C15H21ClN2O2. The van der Waals surface area contributed by atoms with Crippen molar-refractivity contribution >= 4 is 23.2 Å². The van der Waals surface area contributed by atoms with Crippen LogP contribution in [-0.4, -0.2) is 30.1 Å². The van der Waals surface area contributed by atoms with Gasteiger partial charge >= 0.3 is 0 Å². The summed E-state index contributed by atoms with van der Waals surface area (Å²) < 4.78 is 5.40. The smallest absolute Gasteiger partial charge is 0.227 e. The molecule has 1 aromatic heterocycles. The molecule has 0 bridgehead atoms. The van der Waals surface area contributed by atoms with Gasteiger partial charge in [0.1, 0.15) is 5.15 Å². The molecule has 2 rings (SSSR count). The summed E-state index contributed by atoms with van der Waals surface area (Å²) in [5.41, 5.74) is 1.86. The third-order valence-corrected chi connectivity index (χ3v) is 3.80. The van der Waals surface area contributed by atoms with Crippen LogP contribution >= 0.6 is 11.6 Å². The number of hydrogen-bond donors (Lipinski definition) is 0. The first-order chi connectivity index (χ1) is 9.63. The molecule has 20 heavy (non-hydrogen) atoms. The fourth-order valence-corrected chi connectivity index (χ4v) is 2.71. The van der Waals surface area contributed by atoms with Crippen LogP contribution in [0.4, 0.5) is 5.69 Å². The second kappa shape index (κ2) is 7.04. The highest BCUT2D eigenvalue weighted by Crippen LogP contribution is 2.28. The Bertz CT molecular complexity index is 473. The fraction of sp³-hybridized carbons (Fsp3) is 0.600. The van der Waals surface area contributed by atoms with Crippen molar-refractivity contribution in [3.05, 3.63) is 23.0 Å². The van der Waals surface area contributed by atoms with E-state index in [0.717, 1.165) is 30.5 Å². The molecule has 2 heterocycles. The minimum absolute atomic E-state index is 0.157. The number of amides is 1. The predicted molar refractivity (Wildman–Crippen MR) is 80.2 cm³/mol. The Labute approximate surface area is 125 Å². The average molecular weight is 297 g/mol. The van der Waals surface area contributed by atoms with Gasteiger partial charge in [-0.15, -0.1) is 0 Å². The maximum Gasteiger partial charge on any atom is 0.227 e. The number of rotatable bonds is 4. The molecule has 1 amide bonds. The summed E-state index contributed by atoms with van der Waals surface area (Å²) in [6.07, 6.45) is 4.86. The maximum absolute atomic E-state index is 12.5. The number of carbonyl (C=O) groups excluding carboxylic acids is 1. The lowest BCUT2D eigenvalue weighted by atomic mass is 10.0. The van der Waals surface area contributed by atoms with Crippen LogP contribution in [0, 0.1) is 6.92 Å². The number of hydrogen-bond acceptors (Lipinski definition) is 3. The minimum atomic E-state index is 0.157. The van der Waals surface area contributed by atoms with E-state index in [4.69, 9.17) is 16.3 Å². The lowest BCUT2D eigenvalue weighted by Crippen LogP contribution is -2.44. The average Bonchev–Trinajstić information content (AvgIpc) is 2.44. The molecule has 1 saturated heterocycles. The zero-order chi connectivity index (χ0) is 14.5. The van der Waals surface area contributed by atoms with Crippen molar-refractivity contribution in [3.63, 3.8) is 0 Å². The molecule has 1 aliphatic rings. The topological polar surface area (TPSA) is 42.4 Å². The van der Waals surface area contributed by atoms with Gasteiger partial charge in [0.05, 0.1) is 5.69 Å². The number of carbonyl (C=O) groups is 1. The first kappa shape index (κ1) is 15.3. The second-order valence-corrected chi connectivity index (χ2v) is 5.54. The van der Waals surface area contributed by atoms with E-state index >= 15 is 0 Å². The van der Waals surface area contributed by atoms with Crippen LogP contribution in [0.15, 0.2) is 12.3 Å². The van der Waals surface area contributed by atoms with E-state index in [1.54, 1.807) is 12.3 Å². The van der Waals surface area contributed by atoms with E-state index in [0.29, 0.717) is 24.8 Å². The van der Waals surface area contributed by atoms with Gasteiger partial charge < -0.3 is 9.64 Å². The minimum Gasteiger partial charge on any atom is -0.381 e. The molecule has 0 spiro atoms. The second-order valence-electron chi connectivity index (χ2n) is 5.15. The molecule has 0 aliphatic carbocycles. The molecule has 1 aromatic rings. The van der Waals surface area contributed by atoms with E-state index < -0.39 is 0 Å². The van der Waals surface area contributed by atoms with E-state index in [1.807, 2.05) is 18.7 Å². The molecule has 1 fully saturated rings. The van der Waals surface area contributed by atoms with Crippen LogP contribution < -0.4 is 4.90 Å². The largest absolute Gasteiger partial charge is 0.381 e. The van der Waals surface area contributed by atoms with E-state index in [2.05, 4.69) is 4.98 Å². The number of nitrogens with zero attached hydrogens (tertiary/aromatic N) is 2. The zero-order valence-electron chi connectivity index (χ0n) is 12.1. The summed E-state index contributed by atoms with van der Waals surface area (Å²) in [7, 11) is 0. The molecule has 5 heteroatoms. The number of anilines is 1. The third-order valence-electron chi connectivity index (χ3n) is 3.59. The summed E-state index contributed by atoms with van der Waals surface area (Å²) in [6.45, 7) is 5.40. The molecule has 0 atom stereocenters. The van der Waals surface area contributed by atoms with Crippen molar-refractivity contribution in [1.82, 2.24) is 4.98 Å². The zero-order valence-corrected chi connectivity index (χ0v) is 12.8. The van der Waals surface area contributed by atoms with Gasteiger partial charge in [0.25, 0.3) is 0 Å². The number of halogens is 1. The number of aryl methyl sites for hydroxylation is 1. The highest BCUT2D eigenvalue weighted by atomic mass is 35.5. The quantitative estimate of drug-likeness (QED) is 0.800. The Kier molecular flexibility index (Phi) is 5.38. The van der Waals surface area contributed by atoms with Gasteiger partial charge in [-0.05, 0) is 37.8 Å². The van der Waals surface area contributed by atoms with E-state index in [1.165, 1.54) is 0 Å². The lowest BCUT2D eigenvalue weighted by Gasteiger charge is -2.35. The number of pyridine rings is 1.